The number of carbonyl (C=O) groups excluding carboxylic acids is 1. The number of benzene rings is 2. The number of carbonyl (C=O) groups is 1. The molecule has 0 saturated heterocycles. The van der Waals surface area contributed by atoms with E-state index >= 15 is 0 Å². The number of ketones is 1. The molecular formula is C17H14OS. The molecule has 1 nitrogen and oxygen atoms in total. The topological polar surface area (TPSA) is 17.1 Å². The van der Waals surface area contributed by atoms with Gasteiger partial charge in [-0.2, -0.15) is 0 Å². The van der Waals surface area contributed by atoms with Crippen molar-refractivity contribution in [3.63, 3.8) is 0 Å². The van der Waals surface area contributed by atoms with Gasteiger partial charge in [0.1, 0.15) is 0 Å². The van der Waals surface area contributed by atoms with Gasteiger partial charge < -0.3 is 0 Å². The minimum atomic E-state index is 0.188. The van der Waals surface area contributed by atoms with Crippen LogP contribution in [0.1, 0.15) is 21.5 Å². The zero-order chi connectivity index (χ0) is 13.1. The summed E-state index contributed by atoms with van der Waals surface area (Å²) in [5.41, 5.74) is 3.14. The van der Waals surface area contributed by atoms with Crippen LogP contribution < -0.4 is 0 Å². The fraction of sp³-hybridized carbons (Fsp3) is 0.118. The maximum atomic E-state index is 12.3. The molecule has 0 saturated carbocycles. The molecule has 0 aromatic heterocycles. The molecule has 19 heavy (non-hydrogen) atoms. The first-order valence-corrected chi connectivity index (χ1v) is 7.22. The van der Waals surface area contributed by atoms with Gasteiger partial charge in [0.25, 0.3) is 0 Å². The molecule has 2 aromatic carbocycles. The van der Waals surface area contributed by atoms with E-state index in [1.54, 1.807) is 11.8 Å². The van der Waals surface area contributed by atoms with Gasteiger partial charge in [0, 0.05) is 16.9 Å². The molecule has 0 amide bonds. The van der Waals surface area contributed by atoms with Crippen molar-refractivity contribution in [2.45, 2.75) is 17.7 Å². The van der Waals surface area contributed by atoms with Crippen molar-refractivity contribution in [1.82, 2.24) is 0 Å². The highest BCUT2D eigenvalue weighted by Gasteiger charge is 2.11. The highest BCUT2D eigenvalue weighted by Crippen LogP contribution is 2.29. The first kappa shape index (κ1) is 12.2. The summed E-state index contributed by atoms with van der Waals surface area (Å²) in [5.74, 6) is 0.188. The van der Waals surface area contributed by atoms with Gasteiger partial charge in [0.05, 0.1) is 0 Å². The molecule has 0 N–H and O–H groups in total. The lowest BCUT2D eigenvalue weighted by atomic mass is 10.00. The van der Waals surface area contributed by atoms with E-state index in [0.717, 1.165) is 17.5 Å². The second-order valence-corrected chi connectivity index (χ2v) is 5.55. The van der Waals surface area contributed by atoms with E-state index < -0.39 is 0 Å². The van der Waals surface area contributed by atoms with Crippen LogP contribution in [0.25, 0.3) is 0 Å². The van der Waals surface area contributed by atoms with Crippen molar-refractivity contribution in [1.29, 1.82) is 0 Å². The Kier molecular flexibility index (Phi) is 3.51. The fourth-order valence-electron chi connectivity index (χ4n) is 2.21. The SMILES string of the molecule is O=C(Cc1ccccc1)c1ccc2c(c1)CC=CS2. The van der Waals surface area contributed by atoms with E-state index in [9.17, 15) is 4.79 Å². The molecule has 2 aromatic rings. The van der Waals surface area contributed by atoms with Crippen molar-refractivity contribution in [2.75, 3.05) is 0 Å². The second kappa shape index (κ2) is 5.45. The number of rotatable bonds is 3. The van der Waals surface area contributed by atoms with Gasteiger partial charge in [0.2, 0.25) is 0 Å². The van der Waals surface area contributed by atoms with Crippen LogP contribution in [-0.2, 0) is 12.8 Å². The average molecular weight is 266 g/mol. The van der Waals surface area contributed by atoms with Crippen molar-refractivity contribution >= 4 is 17.5 Å². The summed E-state index contributed by atoms with van der Waals surface area (Å²) in [5, 5.41) is 2.10. The van der Waals surface area contributed by atoms with Crippen LogP contribution in [-0.4, -0.2) is 5.78 Å². The Morgan fingerprint density at radius 3 is 2.79 bits per heavy atom. The third-order valence-electron chi connectivity index (χ3n) is 3.22. The minimum Gasteiger partial charge on any atom is -0.294 e. The number of hydrogen-bond donors (Lipinski definition) is 0. The molecule has 0 fully saturated rings. The number of hydrogen-bond acceptors (Lipinski definition) is 2. The molecule has 0 radical (unpaired) electrons. The summed E-state index contributed by atoms with van der Waals surface area (Å²) >= 11 is 1.72. The number of allylic oxidation sites excluding steroid dienone is 1. The van der Waals surface area contributed by atoms with Crippen LogP contribution >= 0.6 is 11.8 Å². The lowest BCUT2D eigenvalue weighted by molar-refractivity contribution is 0.0993. The zero-order valence-electron chi connectivity index (χ0n) is 10.5. The summed E-state index contributed by atoms with van der Waals surface area (Å²) < 4.78 is 0. The van der Waals surface area contributed by atoms with Crippen LogP contribution in [0.15, 0.2) is 64.9 Å². The standard InChI is InChI=1S/C17H14OS/c18-16(11-13-5-2-1-3-6-13)14-8-9-17-15(12-14)7-4-10-19-17/h1-6,8-10,12H,7,11H2. The zero-order valence-corrected chi connectivity index (χ0v) is 11.3. The van der Waals surface area contributed by atoms with E-state index in [4.69, 9.17) is 0 Å². The smallest absolute Gasteiger partial charge is 0.167 e. The summed E-state index contributed by atoms with van der Waals surface area (Å²) in [6, 6.07) is 15.9. The molecule has 0 bridgehead atoms. The third kappa shape index (κ3) is 2.79. The Morgan fingerprint density at radius 2 is 1.95 bits per heavy atom. The van der Waals surface area contributed by atoms with Crippen LogP contribution in [0.3, 0.4) is 0 Å². The van der Waals surface area contributed by atoms with Crippen molar-refractivity contribution < 1.29 is 4.79 Å². The average Bonchev–Trinajstić information content (AvgIpc) is 2.48. The van der Waals surface area contributed by atoms with Crippen LogP contribution in [0.5, 0.6) is 0 Å². The predicted molar refractivity (Wildman–Crippen MR) is 79.6 cm³/mol. The first-order valence-electron chi connectivity index (χ1n) is 6.34. The van der Waals surface area contributed by atoms with Gasteiger partial charge >= 0.3 is 0 Å². The normalized spacial score (nSPS) is 13.1. The number of Topliss-reactive ketones (excluding diaryl/α,β-unsaturated/α-hetero) is 1. The van der Waals surface area contributed by atoms with Gasteiger partial charge in [-0.25, -0.2) is 0 Å². The van der Waals surface area contributed by atoms with Crippen molar-refractivity contribution in [3.8, 4) is 0 Å². The third-order valence-corrected chi connectivity index (χ3v) is 4.20. The summed E-state index contributed by atoms with van der Waals surface area (Å²) in [6.07, 6.45) is 3.54. The Labute approximate surface area is 117 Å². The summed E-state index contributed by atoms with van der Waals surface area (Å²) in [4.78, 5) is 13.5. The van der Waals surface area contributed by atoms with E-state index in [2.05, 4.69) is 17.6 Å². The number of fused-ring (bicyclic) bond motifs is 1. The molecule has 0 atom stereocenters. The van der Waals surface area contributed by atoms with E-state index in [0.29, 0.717) is 6.42 Å². The Bertz CT molecular complexity index is 629. The molecule has 1 heterocycles. The maximum absolute atomic E-state index is 12.3. The quantitative estimate of drug-likeness (QED) is 0.772. The lowest BCUT2D eigenvalue weighted by Crippen LogP contribution is -2.05. The van der Waals surface area contributed by atoms with Crippen LogP contribution in [0, 0.1) is 0 Å². The molecule has 1 aliphatic heterocycles. The molecular weight excluding hydrogens is 252 g/mol. The van der Waals surface area contributed by atoms with E-state index in [1.165, 1.54) is 10.5 Å². The Morgan fingerprint density at radius 1 is 1.11 bits per heavy atom. The summed E-state index contributed by atoms with van der Waals surface area (Å²) in [7, 11) is 0. The van der Waals surface area contributed by atoms with Gasteiger partial charge in [-0.1, -0.05) is 54.2 Å². The highest BCUT2D eigenvalue weighted by molar-refractivity contribution is 8.02. The van der Waals surface area contributed by atoms with Crippen LogP contribution in [0.4, 0.5) is 0 Å². The molecule has 3 rings (SSSR count). The molecule has 2 heteroatoms. The maximum Gasteiger partial charge on any atom is 0.167 e. The van der Waals surface area contributed by atoms with Gasteiger partial charge in [0.15, 0.2) is 5.78 Å². The van der Waals surface area contributed by atoms with Gasteiger partial charge in [-0.15, -0.1) is 0 Å². The molecule has 0 unspecified atom stereocenters. The number of thioether (sulfide) groups is 1. The minimum absolute atomic E-state index is 0.188. The highest BCUT2D eigenvalue weighted by atomic mass is 32.2. The fourth-order valence-corrected chi connectivity index (χ4v) is 2.99. The molecule has 0 spiro atoms. The monoisotopic (exact) mass is 266 g/mol. The second-order valence-electron chi connectivity index (χ2n) is 4.60. The molecule has 94 valence electrons. The van der Waals surface area contributed by atoms with Crippen LogP contribution in [0.2, 0.25) is 0 Å². The largest absolute Gasteiger partial charge is 0.294 e. The Hall–Kier alpha value is -1.80. The molecule has 1 aliphatic rings. The predicted octanol–water partition coefficient (Wildman–Crippen LogP) is 4.27. The van der Waals surface area contributed by atoms with Crippen molar-refractivity contribution in [2.24, 2.45) is 0 Å². The lowest BCUT2D eigenvalue weighted by Gasteiger charge is -2.11. The van der Waals surface area contributed by atoms with Gasteiger partial charge in [-0.05, 0) is 35.1 Å². The van der Waals surface area contributed by atoms with E-state index in [-0.39, 0.29) is 5.78 Å². The van der Waals surface area contributed by atoms with E-state index in [1.807, 2.05) is 42.5 Å². The Balaban J connectivity index is 1.81. The van der Waals surface area contributed by atoms with Crippen molar-refractivity contribution in [3.05, 3.63) is 76.7 Å². The van der Waals surface area contributed by atoms with Gasteiger partial charge in [-0.3, -0.25) is 4.79 Å². The summed E-state index contributed by atoms with van der Waals surface area (Å²) in [6.45, 7) is 0. The first-order chi connectivity index (χ1) is 9.33. The molecule has 0 aliphatic carbocycles.